The third kappa shape index (κ3) is 6.79. The lowest BCUT2D eigenvalue weighted by Crippen LogP contribution is -2.40. The number of hydrogen-bond acceptors (Lipinski definition) is 9. The number of halogens is 1. The number of hydrogen-bond donors (Lipinski definition) is 3. The van der Waals surface area contributed by atoms with Crippen LogP contribution >= 0.6 is 11.6 Å². The van der Waals surface area contributed by atoms with Crippen molar-refractivity contribution >= 4 is 51.9 Å². The van der Waals surface area contributed by atoms with Crippen molar-refractivity contribution in [3.63, 3.8) is 0 Å². The van der Waals surface area contributed by atoms with Gasteiger partial charge in [-0.2, -0.15) is 0 Å². The van der Waals surface area contributed by atoms with Gasteiger partial charge < -0.3 is 26.3 Å². The predicted octanol–water partition coefficient (Wildman–Crippen LogP) is 3.21. The van der Waals surface area contributed by atoms with Crippen LogP contribution in [0, 0.1) is 0 Å². The van der Waals surface area contributed by atoms with Gasteiger partial charge in [0.2, 0.25) is 0 Å². The molecule has 0 aliphatic carbocycles. The van der Waals surface area contributed by atoms with Gasteiger partial charge in [-0.15, -0.1) is 0 Å². The highest BCUT2D eigenvalue weighted by molar-refractivity contribution is 6.31. The van der Waals surface area contributed by atoms with E-state index in [2.05, 4.69) is 15.3 Å². The van der Waals surface area contributed by atoms with Crippen molar-refractivity contribution in [1.29, 1.82) is 0 Å². The van der Waals surface area contributed by atoms with Crippen molar-refractivity contribution < 1.29 is 28.4 Å². The molecule has 0 spiro atoms. The number of fused-ring (bicyclic) bond motifs is 1. The van der Waals surface area contributed by atoms with Crippen molar-refractivity contribution in [2.45, 2.75) is 79.6 Å². The molecule has 3 aromatic rings. The second-order valence-electron chi connectivity index (χ2n) is 10.1. The Morgan fingerprint density at radius 1 is 1.10 bits per heavy atom. The molecule has 3 rings (SSSR count). The van der Waals surface area contributed by atoms with Crippen molar-refractivity contribution in [3.05, 3.63) is 34.4 Å². The van der Waals surface area contributed by atoms with Gasteiger partial charge in [0, 0.05) is 18.6 Å². The van der Waals surface area contributed by atoms with Crippen LogP contribution in [-0.2, 0) is 29.2 Å². The molecule has 216 valence electrons. The summed E-state index contributed by atoms with van der Waals surface area (Å²) in [5.41, 5.74) is 12.6. The van der Waals surface area contributed by atoms with Gasteiger partial charge in [-0.05, 0) is 41.0 Å². The number of aryl methyl sites for hydroxylation is 2. The maximum absolute atomic E-state index is 13.1. The van der Waals surface area contributed by atoms with E-state index < -0.39 is 17.5 Å². The third-order valence-electron chi connectivity index (χ3n) is 5.98. The minimum Gasteiger partial charge on any atom is -0.481 e. The summed E-state index contributed by atoms with van der Waals surface area (Å²) in [6, 6.07) is 3.54. The van der Waals surface area contributed by atoms with Crippen molar-refractivity contribution in [2.75, 3.05) is 18.1 Å². The zero-order valence-electron chi connectivity index (χ0n) is 23.8. The Kier molecular flexibility index (Phi) is 9.56. The first-order valence-electron chi connectivity index (χ1n) is 13.1. The number of Topliss-reactive ketones (excluding diaryl/α,β-unsaturated/α-hetero) is 1. The van der Waals surface area contributed by atoms with Gasteiger partial charge in [0.15, 0.2) is 45.9 Å². The number of carbonyl (C=O) groups excluding carboxylic acids is 3. The van der Waals surface area contributed by atoms with Crippen molar-refractivity contribution in [3.8, 4) is 5.75 Å². The summed E-state index contributed by atoms with van der Waals surface area (Å²) in [5.74, 6) is -0.345. The lowest BCUT2D eigenvalue weighted by Gasteiger charge is -2.19. The first kappa shape index (κ1) is 30.6. The highest BCUT2D eigenvalue weighted by Crippen LogP contribution is 2.28. The normalized spacial score (nSPS) is 11.5. The zero-order chi connectivity index (χ0) is 29.8. The highest BCUT2D eigenvalue weighted by Gasteiger charge is 2.28. The molecule has 0 saturated heterocycles. The second kappa shape index (κ2) is 12.5. The molecule has 2 heterocycles. The van der Waals surface area contributed by atoms with Crippen LogP contribution in [0.25, 0.3) is 11.0 Å². The topological polar surface area (TPSA) is 168 Å². The number of nitrogens with one attached hydrogen (secondary N) is 1. The van der Waals surface area contributed by atoms with Crippen LogP contribution in [0.1, 0.15) is 81.1 Å². The van der Waals surface area contributed by atoms with Gasteiger partial charge in [0.05, 0.1) is 18.7 Å². The van der Waals surface area contributed by atoms with E-state index in [1.165, 1.54) is 0 Å². The van der Waals surface area contributed by atoms with Gasteiger partial charge >= 0.3 is 5.97 Å². The second-order valence-corrected chi connectivity index (χ2v) is 10.5. The smallest absolute Gasteiger partial charge is 0.344 e. The molecule has 0 saturated carbocycles. The summed E-state index contributed by atoms with van der Waals surface area (Å²) in [6.07, 6.45) is 0.981. The lowest BCUT2D eigenvalue weighted by molar-refractivity contribution is -0.676. The summed E-state index contributed by atoms with van der Waals surface area (Å²) in [4.78, 5) is 46.2. The summed E-state index contributed by atoms with van der Waals surface area (Å²) in [5, 5.41) is 2.71. The van der Waals surface area contributed by atoms with Crippen LogP contribution in [0.5, 0.6) is 5.75 Å². The molecule has 40 heavy (non-hydrogen) atoms. The number of carbonyl (C=O) groups is 3. The van der Waals surface area contributed by atoms with Gasteiger partial charge in [0.1, 0.15) is 17.9 Å². The Morgan fingerprint density at radius 2 is 1.80 bits per heavy atom. The largest absolute Gasteiger partial charge is 0.481 e. The fourth-order valence-corrected chi connectivity index (χ4v) is 4.50. The fraction of sp³-hybridized carbons (Fsp3) is 0.481. The van der Waals surface area contributed by atoms with E-state index in [1.807, 2.05) is 29.9 Å². The van der Waals surface area contributed by atoms with E-state index >= 15 is 0 Å². The molecule has 5 N–H and O–H groups in total. The molecule has 1 amide bonds. The van der Waals surface area contributed by atoms with Gasteiger partial charge in [-0.3, -0.25) is 9.59 Å². The van der Waals surface area contributed by atoms with E-state index in [4.69, 9.17) is 32.5 Å². The number of imidazole rings is 1. The third-order valence-corrected chi connectivity index (χ3v) is 6.26. The SMILES string of the molecule is CCCC(=O)c1cc2c(cc1OCC(=O)OC(C)(C)C)[n+](CC)c(CNC(=O)c1nc(Cl)c(N)nc1N)n2CC. The number of rotatable bonds is 11. The molecule has 2 aromatic heterocycles. The number of amides is 1. The molecular weight excluding hydrogens is 538 g/mol. The number of anilines is 2. The molecule has 0 fully saturated rings. The van der Waals surface area contributed by atoms with E-state index in [-0.39, 0.29) is 41.4 Å². The monoisotopic (exact) mass is 574 g/mol. The van der Waals surface area contributed by atoms with Gasteiger partial charge in [-0.25, -0.2) is 23.9 Å². The Bertz CT molecular complexity index is 1450. The number of nitrogen functional groups attached to an aromatic ring is 2. The molecule has 0 bridgehead atoms. The van der Waals surface area contributed by atoms with E-state index in [0.29, 0.717) is 37.2 Å². The Hall–Kier alpha value is -3.93. The van der Waals surface area contributed by atoms with Crippen LogP contribution in [0.4, 0.5) is 11.6 Å². The van der Waals surface area contributed by atoms with Gasteiger partial charge in [-0.1, -0.05) is 18.5 Å². The maximum Gasteiger partial charge on any atom is 0.344 e. The van der Waals surface area contributed by atoms with E-state index in [9.17, 15) is 14.4 Å². The number of esters is 1. The molecule has 13 heteroatoms. The minimum atomic E-state index is -0.665. The molecular formula is C27H37ClN7O5+. The lowest BCUT2D eigenvalue weighted by atomic mass is 10.0. The Balaban J connectivity index is 2.03. The average Bonchev–Trinajstić information content (AvgIpc) is 3.17. The summed E-state index contributed by atoms with van der Waals surface area (Å²) in [7, 11) is 0. The first-order valence-corrected chi connectivity index (χ1v) is 13.5. The quantitative estimate of drug-likeness (QED) is 0.177. The molecule has 12 nitrogen and oxygen atoms in total. The number of aromatic nitrogens is 4. The Morgan fingerprint density at radius 3 is 2.40 bits per heavy atom. The van der Waals surface area contributed by atoms with Crippen LogP contribution in [0.2, 0.25) is 5.15 Å². The van der Waals surface area contributed by atoms with Crippen LogP contribution in [-0.4, -0.2) is 44.4 Å². The standard InChI is InChI=1S/C27H36ClN7O5/c1-7-10-18(36)15-11-16-17(12-19(15)39-14-21(37)40-27(4,5)6)35(9-3)20(34(16)8-2)13-31-26(38)22-24(29)33-25(30)23(28)32-22/h11-12H,7-10,13-14H2,1-6H3,(H4-,29,30,31,33,38)/p+1. The molecule has 0 atom stereocenters. The summed E-state index contributed by atoms with van der Waals surface area (Å²) in [6.45, 7) is 12.1. The van der Waals surface area contributed by atoms with Crippen LogP contribution < -0.4 is 26.1 Å². The van der Waals surface area contributed by atoms with E-state index in [1.54, 1.807) is 32.9 Å². The van der Waals surface area contributed by atoms with Crippen molar-refractivity contribution in [2.24, 2.45) is 0 Å². The number of nitrogens with zero attached hydrogens (tertiary/aromatic N) is 4. The molecule has 0 aliphatic rings. The fourth-order valence-electron chi connectivity index (χ4n) is 4.37. The maximum atomic E-state index is 13.1. The average molecular weight is 575 g/mol. The van der Waals surface area contributed by atoms with Crippen molar-refractivity contribution in [1.82, 2.24) is 19.9 Å². The molecule has 0 unspecified atom stereocenters. The summed E-state index contributed by atoms with van der Waals surface area (Å²) >= 11 is 5.94. The molecule has 0 radical (unpaired) electrons. The highest BCUT2D eigenvalue weighted by atomic mass is 35.5. The number of ether oxygens (including phenoxy) is 2. The number of ketones is 1. The minimum absolute atomic E-state index is 0.0660. The van der Waals surface area contributed by atoms with E-state index in [0.717, 1.165) is 16.9 Å². The van der Waals surface area contributed by atoms with Gasteiger partial charge in [0.25, 0.3) is 11.7 Å². The first-order chi connectivity index (χ1) is 18.8. The number of nitrogens with two attached hydrogens (primary N) is 2. The van der Waals surface area contributed by atoms with Crippen LogP contribution in [0.3, 0.4) is 0 Å². The predicted molar refractivity (Wildman–Crippen MR) is 151 cm³/mol. The Labute approximate surface area is 238 Å². The summed E-state index contributed by atoms with van der Waals surface area (Å²) < 4.78 is 15.2. The van der Waals surface area contributed by atoms with Crippen LogP contribution in [0.15, 0.2) is 12.1 Å². The zero-order valence-corrected chi connectivity index (χ0v) is 24.5. The number of benzene rings is 1. The molecule has 0 aliphatic heterocycles. The molecule has 1 aromatic carbocycles.